The van der Waals surface area contributed by atoms with Crippen molar-refractivity contribution in [1.29, 1.82) is 0 Å². The van der Waals surface area contributed by atoms with Crippen LogP contribution >= 0.6 is 11.6 Å². The number of nitrogens with one attached hydrogen (secondary N) is 1. The first kappa shape index (κ1) is 20.7. The summed E-state index contributed by atoms with van der Waals surface area (Å²) in [5.74, 6) is 1.83. The lowest BCUT2D eigenvalue weighted by molar-refractivity contribution is 0.208. The van der Waals surface area contributed by atoms with Crippen LogP contribution in [0.1, 0.15) is 31.7 Å². The topological polar surface area (TPSA) is 64.6 Å². The molecule has 0 saturated carbocycles. The highest BCUT2D eigenvalue weighted by atomic mass is 35.5. The van der Waals surface area contributed by atoms with E-state index in [9.17, 15) is 4.79 Å². The zero-order valence-electron chi connectivity index (χ0n) is 17.6. The lowest BCUT2D eigenvalue weighted by atomic mass is 10.0. The maximum absolute atomic E-state index is 12.6. The largest absolute Gasteiger partial charge is 0.352 e. The fourth-order valence-electron chi connectivity index (χ4n) is 4.09. The Kier molecular flexibility index (Phi) is 6.27. The van der Waals surface area contributed by atoms with E-state index in [0.29, 0.717) is 29.8 Å². The Balaban J connectivity index is 1.31. The van der Waals surface area contributed by atoms with Crippen molar-refractivity contribution in [3.05, 3.63) is 40.9 Å². The summed E-state index contributed by atoms with van der Waals surface area (Å²) in [5, 5.41) is 12.5. The molecule has 1 N–H and O–H groups in total. The molecule has 7 nitrogen and oxygen atoms in total. The lowest BCUT2D eigenvalue weighted by Gasteiger charge is -2.36. The number of carbonyl (C=O) groups is 1. The van der Waals surface area contributed by atoms with Crippen LogP contribution in [0.25, 0.3) is 0 Å². The van der Waals surface area contributed by atoms with E-state index < -0.39 is 0 Å². The Bertz CT molecular complexity index is 882. The van der Waals surface area contributed by atoms with Gasteiger partial charge in [0.25, 0.3) is 0 Å². The Morgan fingerprint density at radius 1 is 1.03 bits per heavy atom. The molecule has 4 rings (SSSR count). The third kappa shape index (κ3) is 4.61. The second-order valence-electron chi connectivity index (χ2n) is 8.16. The van der Waals surface area contributed by atoms with E-state index in [4.69, 9.17) is 11.6 Å². The third-order valence-electron chi connectivity index (χ3n) is 6.05. The smallest absolute Gasteiger partial charge is 0.321 e. The van der Waals surface area contributed by atoms with E-state index in [1.165, 1.54) is 19.3 Å². The molecule has 2 aliphatic heterocycles. The summed E-state index contributed by atoms with van der Waals surface area (Å²) in [6.07, 6.45) is 3.72. The van der Waals surface area contributed by atoms with Gasteiger partial charge in [-0.05, 0) is 62.9 Å². The van der Waals surface area contributed by atoms with Gasteiger partial charge in [-0.25, -0.2) is 4.79 Å². The van der Waals surface area contributed by atoms with Crippen molar-refractivity contribution in [2.75, 3.05) is 47.8 Å². The summed E-state index contributed by atoms with van der Waals surface area (Å²) in [7, 11) is 0. The molecule has 3 heterocycles. The molecule has 8 heteroatoms. The fraction of sp³-hybridized carbons (Fsp3) is 0.500. The van der Waals surface area contributed by atoms with Crippen molar-refractivity contribution < 1.29 is 4.79 Å². The monoisotopic (exact) mass is 428 g/mol. The van der Waals surface area contributed by atoms with Crippen LogP contribution < -0.4 is 15.1 Å². The zero-order chi connectivity index (χ0) is 21.1. The van der Waals surface area contributed by atoms with E-state index in [1.54, 1.807) is 6.07 Å². The molecule has 2 saturated heterocycles. The molecular weight excluding hydrogens is 400 g/mol. The standard InChI is InChI=1S/C22H29ClN6O/c1-16-6-7-18(15-19(16)23)24-22(30)28-13-11-27(12-14-28)20-8-9-21(26-25-20)29-10-4-3-5-17(29)2/h6-9,15,17H,3-5,10-14H2,1-2H3,(H,24,30). The molecule has 0 radical (unpaired) electrons. The fourth-order valence-corrected chi connectivity index (χ4v) is 4.27. The molecule has 2 fully saturated rings. The first-order valence-electron chi connectivity index (χ1n) is 10.7. The highest BCUT2D eigenvalue weighted by Gasteiger charge is 2.24. The summed E-state index contributed by atoms with van der Waals surface area (Å²) in [5.41, 5.74) is 1.71. The van der Waals surface area contributed by atoms with Crippen molar-refractivity contribution in [3.8, 4) is 0 Å². The molecule has 1 unspecified atom stereocenters. The minimum absolute atomic E-state index is 0.102. The number of benzene rings is 1. The van der Waals surface area contributed by atoms with Gasteiger partial charge in [-0.2, -0.15) is 0 Å². The summed E-state index contributed by atoms with van der Waals surface area (Å²) >= 11 is 6.15. The molecule has 0 bridgehead atoms. The number of hydrogen-bond acceptors (Lipinski definition) is 5. The summed E-state index contributed by atoms with van der Waals surface area (Å²) < 4.78 is 0. The number of carbonyl (C=O) groups excluding carboxylic acids is 1. The van der Waals surface area contributed by atoms with Crippen molar-refractivity contribution in [1.82, 2.24) is 15.1 Å². The van der Waals surface area contributed by atoms with E-state index in [2.05, 4.69) is 38.3 Å². The van der Waals surface area contributed by atoms with Crippen molar-refractivity contribution in [3.63, 3.8) is 0 Å². The second kappa shape index (κ2) is 9.08. The molecule has 160 valence electrons. The lowest BCUT2D eigenvalue weighted by Crippen LogP contribution is -2.50. The Labute approximate surface area is 183 Å². The number of aromatic nitrogens is 2. The number of urea groups is 1. The van der Waals surface area contributed by atoms with Gasteiger partial charge in [0.2, 0.25) is 0 Å². The van der Waals surface area contributed by atoms with Crippen molar-refractivity contribution in [2.45, 2.75) is 39.2 Å². The highest BCUT2D eigenvalue weighted by Crippen LogP contribution is 2.24. The molecule has 30 heavy (non-hydrogen) atoms. The van der Waals surface area contributed by atoms with E-state index in [1.807, 2.05) is 30.0 Å². The van der Waals surface area contributed by atoms with Crippen LogP contribution in [0.3, 0.4) is 0 Å². The number of anilines is 3. The van der Waals surface area contributed by atoms with E-state index in [-0.39, 0.29) is 6.03 Å². The SMILES string of the molecule is Cc1ccc(NC(=O)N2CCN(c3ccc(N4CCCCC4C)nn3)CC2)cc1Cl. The maximum atomic E-state index is 12.6. The first-order valence-corrected chi connectivity index (χ1v) is 11.1. The van der Waals surface area contributed by atoms with Gasteiger partial charge in [0, 0.05) is 49.5 Å². The van der Waals surface area contributed by atoms with Crippen LogP contribution in [0.5, 0.6) is 0 Å². The number of hydrogen-bond donors (Lipinski definition) is 1. The number of piperazine rings is 1. The molecule has 2 aliphatic rings. The van der Waals surface area contributed by atoms with Gasteiger partial charge < -0.3 is 20.0 Å². The van der Waals surface area contributed by atoms with Gasteiger partial charge in [0.1, 0.15) is 0 Å². The molecule has 1 aromatic carbocycles. The molecular formula is C22H29ClN6O. The van der Waals surface area contributed by atoms with Gasteiger partial charge in [0.05, 0.1) is 0 Å². The third-order valence-corrected chi connectivity index (χ3v) is 6.45. The van der Waals surface area contributed by atoms with Gasteiger partial charge in [-0.15, -0.1) is 10.2 Å². The van der Waals surface area contributed by atoms with Gasteiger partial charge in [-0.3, -0.25) is 0 Å². The van der Waals surface area contributed by atoms with Crippen LogP contribution in [-0.4, -0.2) is 59.9 Å². The maximum Gasteiger partial charge on any atom is 0.321 e. The average Bonchev–Trinajstić information content (AvgIpc) is 2.77. The number of aryl methyl sites for hydroxylation is 1. The number of nitrogens with zero attached hydrogens (tertiary/aromatic N) is 5. The number of halogens is 1. The average molecular weight is 429 g/mol. The van der Waals surface area contributed by atoms with Crippen LogP contribution in [-0.2, 0) is 0 Å². The first-order chi connectivity index (χ1) is 14.5. The van der Waals surface area contributed by atoms with Crippen LogP contribution in [0, 0.1) is 6.92 Å². The molecule has 1 aromatic heterocycles. The summed E-state index contributed by atoms with van der Waals surface area (Å²) in [6, 6.07) is 10.1. The quantitative estimate of drug-likeness (QED) is 0.794. The number of piperidine rings is 1. The predicted molar refractivity (Wildman–Crippen MR) is 122 cm³/mol. The summed E-state index contributed by atoms with van der Waals surface area (Å²) in [6.45, 7) is 7.98. The predicted octanol–water partition coefficient (Wildman–Crippen LogP) is 4.17. The van der Waals surface area contributed by atoms with Gasteiger partial charge >= 0.3 is 6.03 Å². The van der Waals surface area contributed by atoms with E-state index >= 15 is 0 Å². The molecule has 0 aliphatic carbocycles. The Morgan fingerprint density at radius 2 is 1.77 bits per heavy atom. The van der Waals surface area contributed by atoms with Crippen LogP contribution in [0.2, 0.25) is 5.02 Å². The van der Waals surface area contributed by atoms with Crippen LogP contribution in [0.4, 0.5) is 22.1 Å². The van der Waals surface area contributed by atoms with Crippen LogP contribution in [0.15, 0.2) is 30.3 Å². The zero-order valence-corrected chi connectivity index (χ0v) is 18.4. The molecule has 0 spiro atoms. The Morgan fingerprint density at radius 3 is 2.43 bits per heavy atom. The highest BCUT2D eigenvalue weighted by molar-refractivity contribution is 6.31. The normalized spacial score (nSPS) is 19.7. The summed E-state index contributed by atoms with van der Waals surface area (Å²) in [4.78, 5) is 18.9. The minimum atomic E-state index is -0.102. The van der Waals surface area contributed by atoms with Gasteiger partial charge in [0.15, 0.2) is 11.6 Å². The second-order valence-corrected chi connectivity index (χ2v) is 8.56. The molecule has 2 amide bonds. The Hall–Kier alpha value is -2.54. The van der Waals surface area contributed by atoms with Crippen molar-refractivity contribution >= 4 is 35.0 Å². The van der Waals surface area contributed by atoms with Crippen molar-refractivity contribution in [2.24, 2.45) is 0 Å². The van der Waals surface area contributed by atoms with E-state index in [0.717, 1.165) is 36.8 Å². The molecule has 2 aromatic rings. The number of amides is 2. The minimum Gasteiger partial charge on any atom is -0.352 e. The number of rotatable bonds is 3. The molecule has 1 atom stereocenters. The van der Waals surface area contributed by atoms with Gasteiger partial charge in [-0.1, -0.05) is 17.7 Å².